The molecule has 0 radical (unpaired) electrons. The van der Waals surface area contributed by atoms with Gasteiger partial charge in [0, 0.05) is 18.5 Å². The lowest BCUT2D eigenvalue weighted by molar-refractivity contribution is -0.139. The van der Waals surface area contributed by atoms with Crippen LogP contribution in [0.25, 0.3) is 0 Å². The van der Waals surface area contributed by atoms with Crippen molar-refractivity contribution >= 4 is 23.1 Å². The molecule has 1 rings (SSSR count). The normalized spacial score (nSPS) is 19.4. The average molecular weight is 258 g/mol. The van der Waals surface area contributed by atoms with Crippen molar-refractivity contribution in [3.63, 3.8) is 0 Å². The number of amides is 1. The van der Waals surface area contributed by atoms with Gasteiger partial charge in [-0.2, -0.15) is 0 Å². The van der Waals surface area contributed by atoms with Crippen molar-refractivity contribution in [1.29, 1.82) is 0 Å². The van der Waals surface area contributed by atoms with E-state index in [1.165, 1.54) is 0 Å². The molecule has 1 saturated heterocycles. The second-order valence-electron chi connectivity index (χ2n) is 5.17. The molecule has 0 saturated carbocycles. The first-order valence-electron chi connectivity index (χ1n) is 6.04. The molecule has 0 aromatic rings. The molecule has 0 unspecified atom stereocenters. The summed E-state index contributed by atoms with van der Waals surface area (Å²) >= 11 is 5.07. The summed E-state index contributed by atoms with van der Waals surface area (Å²) in [7, 11) is 0. The Balaban J connectivity index is 2.41. The summed E-state index contributed by atoms with van der Waals surface area (Å²) < 4.78 is 5.31. The Kier molecular flexibility index (Phi) is 4.89. The predicted octanol–water partition coefficient (Wildman–Crippen LogP) is 1.33. The Hall–Kier alpha value is -0.680. The fraction of sp³-hybridized carbons (Fsp3) is 0.833. The van der Waals surface area contributed by atoms with Crippen LogP contribution in [0.3, 0.4) is 0 Å². The van der Waals surface area contributed by atoms with Crippen LogP contribution in [0.5, 0.6) is 0 Å². The number of nitrogens with zero attached hydrogens (tertiary/aromatic N) is 1. The number of rotatable bonds is 4. The van der Waals surface area contributed by atoms with Crippen molar-refractivity contribution in [2.45, 2.75) is 39.7 Å². The number of piperidine rings is 1. The van der Waals surface area contributed by atoms with Gasteiger partial charge in [-0.1, -0.05) is 19.1 Å². The predicted molar refractivity (Wildman–Crippen MR) is 71.8 cm³/mol. The van der Waals surface area contributed by atoms with E-state index in [1.807, 2.05) is 18.7 Å². The van der Waals surface area contributed by atoms with Crippen molar-refractivity contribution in [3.8, 4) is 0 Å². The van der Waals surface area contributed by atoms with Gasteiger partial charge in [0.2, 0.25) is 5.91 Å². The molecule has 0 spiro atoms. The molecule has 0 aromatic heterocycles. The van der Waals surface area contributed by atoms with Crippen molar-refractivity contribution in [1.82, 2.24) is 4.90 Å². The zero-order valence-electron chi connectivity index (χ0n) is 10.9. The summed E-state index contributed by atoms with van der Waals surface area (Å²) in [6, 6.07) is 0. The molecule has 1 aliphatic rings. The van der Waals surface area contributed by atoms with Gasteiger partial charge in [-0.25, -0.2) is 0 Å². The van der Waals surface area contributed by atoms with E-state index in [0.717, 1.165) is 12.8 Å². The minimum Gasteiger partial charge on any atom is -0.393 e. The number of hydrogen-bond acceptors (Lipinski definition) is 3. The third kappa shape index (κ3) is 3.92. The molecular weight excluding hydrogens is 236 g/mol. The van der Waals surface area contributed by atoms with Gasteiger partial charge in [-0.05, 0) is 26.7 Å². The van der Waals surface area contributed by atoms with Crippen molar-refractivity contribution in [2.75, 3.05) is 19.7 Å². The first-order valence-corrected chi connectivity index (χ1v) is 6.45. The van der Waals surface area contributed by atoms with Gasteiger partial charge in [0.25, 0.3) is 0 Å². The van der Waals surface area contributed by atoms with E-state index in [-0.39, 0.29) is 24.0 Å². The molecule has 1 amide bonds. The quantitative estimate of drug-likeness (QED) is 0.773. The molecule has 0 aromatic carbocycles. The van der Waals surface area contributed by atoms with E-state index in [1.54, 1.807) is 0 Å². The lowest BCUT2D eigenvalue weighted by Gasteiger charge is -2.38. The molecule has 1 fully saturated rings. The maximum absolute atomic E-state index is 11.8. The molecular formula is C12H22N2O2S. The minimum absolute atomic E-state index is 0.0590. The van der Waals surface area contributed by atoms with Crippen LogP contribution in [0.15, 0.2) is 0 Å². The van der Waals surface area contributed by atoms with Gasteiger partial charge in [-0.15, -0.1) is 0 Å². The van der Waals surface area contributed by atoms with Crippen LogP contribution in [-0.4, -0.2) is 41.6 Å². The van der Waals surface area contributed by atoms with Gasteiger partial charge in [-0.3, -0.25) is 4.79 Å². The summed E-state index contributed by atoms with van der Waals surface area (Å²) in [5, 5.41) is 0. The zero-order valence-corrected chi connectivity index (χ0v) is 11.7. The van der Waals surface area contributed by atoms with Crippen LogP contribution in [0.4, 0.5) is 0 Å². The second kappa shape index (κ2) is 5.78. The van der Waals surface area contributed by atoms with Crippen LogP contribution in [0.2, 0.25) is 0 Å². The smallest absolute Gasteiger partial charge is 0.248 e. The van der Waals surface area contributed by atoms with Crippen LogP contribution >= 0.6 is 12.2 Å². The lowest BCUT2D eigenvalue weighted by Crippen LogP contribution is -2.47. The topological polar surface area (TPSA) is 55.6 Å². The van der Waals surface area contributed by atoms with E-state index in [4.69, 9.17) is 22.7 Å². The number of ether oxygens (including phenoxy) is 1. The Bertz CT molecular complexity index is 297. The molecule has 98 valence electrons. The molecule has 4 nitrogen and oxygen atoms in total. The highest BCUT2D eigenvalue weighted by Crippen LogP contribution is 2.31. The van der Waals surface area contributed by atoms with E-state index in [2.05, 4.69) is 6.92 Å². The number of carbonyl (C=O) groups is 1. The van der Waals surface area contributed by atoms with E-state index in [0.29, 0.717) is 18.1 Å². The highest BCUT2D eigenvalue weighted by atomic mass is 32.1. The summed E-state index contributed by atoms with van der Waals surface area (Å²) in [6.07, 6.45) is 1.77. The van der Waals surface area contributed by atoms with Crippen LogP contribution in [0, 0.1) is 5.41 Å². The van der Waals surface area contributed by atoms with Crippen molar-refractivity contribution in [3.05, 3.63) is 0 Å². The van der Waals surface area contributed by atoms with Gasteiger partial charge in [0.1, 0.15) is 6.61 Å². The van der Waals surface area contributed by atoms with Crippen LogP contribution in [-0.2, 0) is 9.53 Å². The molecule has 1 heterocycles. The Labute approximate surface area is 108 Å². The number of carbonyl (C=O) groups excluding carboxylic acids is 1. The molecule has 17 heavy (non-hydrogen) atoms. The monoisotopic (exact) mass is 258 g/mol. The maximum atomic E-state index is 11.8. The van der Waals surface area contributed by atoms with Gasteiger partial charge in [0.05, 0.1) is 11.1 Å². The summed E-state index contributed by atoms with van der Waals surface area (Å²) in [5.41, 5.74) is 5.63. The van der Waals surface area contributed by atoms with Crippen LogP contribution < -0.4 is 5.73 Å². The first-order chi connectivity index (χ1) is 7.85. The molecule has 0 aliphatic carbocycles. The number of nitrogens with two attached hydrogens (primary N) is 1. The van der Waals surface area contributed by atoms with Gasteiger partial charge < -0.3 is 15.4 Å². The molecule has 0 bridgehead atoms. The van der Waals surface area contributed by atoms with E-state index < -0.39 is 0 Å². The lowest BCUT2D eigenvalue weighted by atomic mass is 9.80. The third-order valence-corrected chi connectivity index (χ3v) is 3.85. The molecule has 5 heteroatoms. The third-order valence-electron chi connectivity index (χ3n) is 3.35. The summed E-state index contributed by atoms with van der Waals surface area (Å²) in [5.74, 6) is 0.0590. The number of hydrogen-bond donors (Lipinski definition) is 1. The highest BCUT2D eigenvalue weighted by Gasteiger charge is 2.34. The summed E-state index contributed by atoms with van der Waals surface area (Å²) in [4.78, 5) is 14.2. The first kappa shape index (κ1) is 14.4. The highest BCUT2D eigenvalue weighted by molar-refractivity contribution is 7.80. The fourth-order valence-electron chi connectivity index (χ4n) is 1.83. The average Bonchev–Trinajstić information content (AvgIpc) is 2.26. The van der Waals surface area contributed by atoms with Gasteiger partial charge >= 0.3 is 0 Å². The zero-order chi connectivity index (χ0) is 13.1. The standard InChI is InChI=1S/C12H22N2O2S/c1-9(2)16-8-10(15)14-6-4-12(3,5-7-14)11(13)17/h9H,4-8H2,1-3H3,(H2,13,17). The van der Waals surface area contributed by atoms with E-state index >= 15 is 0 Å². The van der Waals surface area contributed by atoms with Gasteiger partial charge in [0.15, 0.2) is 0 Å². The fourth-order valence-corrected chi connectivity index (χ4v) is 2.03. The molecule has 1 aliphatic heterocycles. The molecule has 0 atom stereocenters. The number of thiocarbonyl (C=S) groups is 1. The van der Waals surface area contributed by atoms with Crippen molar-refractivity contribution < 1.29 is 9.53 Å². The van der Waals surface area contributed by atoms with Crippen molar-refractivity contribution in [2.24, 2.45) is 11.1 Å². The maximum Gasteiger partial charge on any atom is 0.248 e. The molecule has 2 N–H and O–H groups in total. The Morgan fingerprint density at radius 3 is 2.41 bits per heavy atom. The summed E-state index contributed by atoms with van der Waals surface area (Å²) in [6.45, 7) is 7.52. The number of likely N-dealkylation sites (tertiary alicyclic amines) is 1. The largest absolute Gasteiger partial charge is 0.393 e. The Morgan fingerprint density at radius 1 is 1.47 bits per heavy atom. The van der Waals surface area contributed by atoms with E-state index in [9.17, 15) is 4.79 Å². The Morgan fingerprint density at radius 2 is 2.00 bits per heavy atom. The minimum atomic E-state index is -0.0922. The SMILES string of the molecule is CC(C)OCC(=O)N1CCC(C)(C(N)=S)CC1. The second-order valence-corrected chi connectivity index (χ2v) is 5.61. The van der Waals surface area contributed by atoms with Crippen LogP contribution in [0.1, 0.15) is 33.6 Å².